The molecule has 1 aliphatic carbocycles. The predicted molar refractivity (Wildman–Crippen MR) is 220 cm³/mol. The number of hydrogen-bond donors (Lipinski definition) is 0. The summed E-state index contributed by atoms with van der Waals surface area (Å²) in [5.41, 5.74) is 9.46. The fourth-order valence-electron chi connectivity index (χ4n) is 9.56. The van der Waals surface area contributed by atoms with Crippen molar-refractivity contribution in [2.24, 2.45) is 0 Å². The number of fused-ring (bicyclic) bond motifs is 20. The Balaban J connectivity index is 1.16. The van der Waals surface area contributed by atoms with Crippen LogP contribution in [0.5, 0.6) is 0 Å². The second-order valence-electron chi connectivity index (χ2n) is 14.8. The molecular formula is C49H30OS. The number of furan rings is 1. The van der Waals surface area contributed by atoms with E-state index in [9.17, 15) is 0 Å². The molecule has 0 bridgehead atoms. The third-order valence-electron chi connectivity index (χ3n) is 11.8. The van der Waals surface area contributed by atoms with Gasteiger partial charge in [-0.25, -0.2) is 0 Å². The van der Waals surface area contributed by atoms with Crippen LogP contribution in [0.15, 0.2) is 150 Å². The molecule has 1 aliphatic rings. The first-order valence-electron chi connectivity index (χ1n) is 17.8. The molecule has 51 heavy (non-hydrogen) atoms. The van der Waals surface area contributed by atoms with Gasteiger partial charge in [0.15, 0.2) is 0 Å². The fourth-order valence-corrected chi connectivity index (χ4v) is 10.6. The van der Waals surface area contributed by atoms with E-state index in [0.29, 0.717) is 0 Å². The molecule has 0 N–H and O–H groups in total. The lowest BCUT2D eigenvalue weighted by Gasteiger charge is -2.21. The average Bonchev–Trinajstić information content (AvgIpc) is 3.82. The van der Waals surface area contributed by atoms with Crippen molar-refractivity contribution in [3.63, 3.8) is 0 Å². The second kappa shape index (κ2) is 9.63. The van der Waals surface area contributed by atoms with Crippen LogP contribution >= 0.6 is 11.3 Å². The first-order valence-corrected chi connectivity index (χ1v) is 18.6. The maximum absolute atomic E-state index is 7.34. The molecule has 0 amide bonds. The zero-order valence-electron chi connectivity index (χ0n) is 28.2. The van der Waals surface area contributed by atoms with Crippen molar-refractivity contribution in [3.05, 3.63) is 157 Å². The first-order chi connectivity index (χ1) is 25.1. The van der Waals surface area contributed by atoms with E-state index in [4.69, 9.17) is 4.42 Å². The Kier molecular flexibility index (Phi) is 5.25. The van der Waals surface area contributed by atoms with Gasteiger partial charge in [-0.15, -0.1) is 11.3 Å². The van der Waals surface area contributed by atoms with Gasteiger partial charge in [-0.2, -0.15) is 0 Å². The van der Waals surface area contributed by atoms with E-state index >= 15 is 0 Å². The Labute approximate surface area is 298 Å². The molecule has 0 radical (unpaired) electrons. The predicted octanol–water partition coefficient (Wildman–Crippen LogP) is 14.5. The summed E-state index contributed by atoms with van der Waals surface area (Å²) in [4.78, 5) is 0. The molecule has 0 saturated heterocycles. The molecule has 11 aromatic rings. The van der Waals surface area contributed by atoms with E-state index in [-0.39, 0.29) is 5.41 Å². The van der Waals surface area contributed by atoms with Crippen LogP contribution in [0.4, 0.5) is 0 Å². The minimum Gasteiger partial charge on any atom is -0.455 e. The molecule has 0 fully saturated rings. The van der Waals surface area contributed by atoms with Gasteiger partial charge in [0.2, 0.25) is 0 Å². The molecule has 2 aromatic heterocycles. The van der Waals surface area contributed by atoms with Crippen LogP contribution in [0.2, 0.25) is 0 Å². The lowest BCUT2D eigenvalue weighted by atomic mass is 9.81. The summed E-state index contributed by atoms with van der Waals surface area (Å²) in [5.74, 6) is 0. The van der Waals surface area contributed by atoms with E-state index in [1.165, 1.54) is 107 Å². The van der Waals surface area contributed by atoms with Crippen molar-refractivity contribution in [1.29, 1.82) is 0 Å². The largest absolute Gasteiger partial charge is 0.455 e. The van der Waals surface area contributed by atoms with E-state index < -0.39 is 0 Å². The number of hydrogen-bond acceptors (Lipinski definition) is 2. The van der Waals surface area contributed by atoms with E-state index in [1.807, 2.05) is 11.3 Å². The molecule has 12 rings (SSSR count). The standard InChI is InChI=1S/C49H30OS/c1-49(2)40-23-19-27(28-20-24-42-39(26-28)31-13-9-10-18-41(31)51-42)25-38(40)36-21-22-37-44-35-17-8-7-16-34(35)43-32-14-5-3-11-29(32)30-12-4-6-15-33(30)45(43)48(44)50-47(37)46(36)49/h3-26H,1-2H3. The van der Waals surface area contributed by atoms with E-state index in [0.717, 1.165) is 11.2 Å². The molecule has 0 saturated carbocycles. The summed E-state index contributed by atoms with van der Waals surface area (Å²) in [7, 11) is 0. The van der Waals surface area contributed by atoms with Crippen molar-refractivity contribution in [3.8, 4) is 22.3 Å². The van der Waals surface area contributed by atoms with Crippen LogP contribution in [0.3, 0.4) is 0 Å². The highest BCUT2D eigenvalue weighted by atomic mass is 32.1. The van der Waals surface area contributed by atoms with E-state index in [1.54, 1.807) is 0 Å². The highest BCUT2D eigenvalue weighted by molar-refractivity contribution is 7.25. The maximum atomic E-state index is 7.34. The molecule has 0 unspecified atom stereocenters. The Morgan fingerprint density at radius 3 is 1.73 bits per heavy atom. The van der Waals surface area contributed by atoms with Crippen LogP contribution in [-0.2, 0) is 5.41 Å². The van der Waals surface area contributed by atoms with Gasteiger partial charge in [0, 0.05) is 52.7 Å². The van der Waals surface area contributed by atoms with Gasteiger partial charge in [-0.05, 0) is 90.5 Å². The van der Waals surface area contributed by atoms with Gasteiger partial charge in [-0.1, -0.05) is 129 Å². The van der Waals surface area contributed by atoms with Gasteiger partial charge < -0.3 is 4.42 Å². The normalized spacial score (nSPS) is 13.8. The van der Waals surface area contributed by atoms with Crippen molar-refractivity contribution in [1.82, 2.24) is 0 Å². The first kappa shape index (κ1) is 27.8. The SMILES string of the molecule is CC1(C)c2ccc(-c3ccc4sc5ccccc5c4c3)cc2-c2ccc3c(oc4c3c3ccccc3c3c5ccccc5c5ccccc5c43)c21. The topological polar surface area (TPSA) is 13.1 Å². The second-order valence-corrected chi connectivity index (χ2v) is 15.8. The van der Waals surface area contributed by atoms with Crippen molar-refractivity contribution < 1.29 is 4.42 Å². The molecule has 0 aliphatic heterocycles. The molecule has 9 aromatic carbocycles. The van der Waals surface area contributed by atoms with E-state index in [2.05, 4.69) is 159 Å². The summed E-state index contributed by atoms with van der Waals surface area (Å²) in [6, 6.07) is 54.1. The van der Waals surface area contributed by atoms with Crippen LogP contribution in [0.25, 0.3) is 107 Å². The van der Waals surface area contributed by atoms with Gasteiger partial charge >= 0.3 is 0 Å². The van der Waals surface area contributed by atoms with Gasteiger partial charge in [0.05, 0.1) is 0 Å². The third-order valence-corrected chi connectivity index (χ3v) is 13.0. The Bertz CT molecular complexity index is 3330. The summed E-state index contributed by atoms with van der Waals surface area (Å²) in [6.07, 6.45) is 0. The molecule has 0 spiro atoms. The molecule has 1 nitrogen and oxygen atoms in total. The van der Waals surface area contributed by atoms with Crippen LogP contribution in [0, 0.1) is 0 Å². The van der Waals surface area contributed by atoms with Crippen molar-refractivity contribution >= 4 is 96.5 Å². The zero-order chi connectivity index (χ0) is 33.6. The third kappa shape index (κ3) is 3.50. The smallest absolute Gasteiger partial charge is 0.144 e. The fraction of sp³-hybridized carbons (Fsp3) is 0.0612. The number of rotatable bonds is 1. The molecule has 2 heterocycles. The van der Waals surface area contributed by atoms with Gasteiger partial charge in [0.1, 0.15) is 11.2 Å². The van der Waals surface area contributed by atoms with Crippen LogP contribution in [-0.4, -0.2) is 0 Å². The summed E-state index contributed by atoms with van der Waals surface area (Å²) < 4.78 is 10.0. The Morgan fingerprint density at radius 2 is 0.980 bits per heavy atom. The molecular weight excluding hydrogens is 637 g/mol. The summed E-state index contributed by atoms with van der Waals surface area (Å²) >= 11 is 1.87. The molecule has 0 atom stereocenters. The monoisotopic (exact) mass is 666 g/mol. The minimum atomic E-state index is -0.232. The van der Waals surface area contributed by atoms with Crippen molar-refractivity contribution in [2.75, 3.05) is 0 Å². The quantitative estimate of drug-likeness (QED) is 0.159. The van der Waals surface area contributed by atoms with Crippen molar-refractivity contribution in [2.45, 2.75) is 19.3 Å². The highest BCUT2D eigenvalue weighted by Crippen LogP contribution is 2.55. The zero-order valence-corrected chi connectivity index (χ0v) is 29.0. The Morgan fingerprint density at radius 1 is 0.412 bits per heavy atom. The lowest BCUT2D eigenvalue weighted by Crippen LogP contribution is -2.15. The molecule has 238 valence electrons. The summed E-state index contributed by atoms with van der Waals surface area (Å²) in [6.45, 7) is 4.74. The minimum absolute atomic E-state index is 0.232. The van der Waals surface area contributed by atoms with Crippen LogP contribution < -0.4 is 0 Å². The number of benzene rings is 9. The average molecular weight is 667 g/mol. The Hall–Kier alpha value is -5.96. The maximum Gasteiger partial charge on any atom is 0.144 e. The highest BCUT2D eigenvalue weighted by Gasteiger charge is 2.39. The van der Waals surface area contributed by atoms with Gasteiger partial charge in [0.25, 0.3) is 0 Å². The lowest BCUT2D eigenvalue weighted by molar-refractivity contribution is 0.622. The van der Waals surface area contributed by atoms with Gasteiger partial charge in [-0.3, -0.25) is 0 Å². The van der Waals surface area contributed by atoms with Crippen LogP contribution in [0.1, 0.15) is 25.0 Å². The number of thiophene rings is 1. The summed E-state index contributed by atoms with van der Waals surface area (Å²) in [5, 5.41) is 15.1. The molecule has 2 heteroatoms.